The molecule has 0 aliphatic carbocycles. The molecule has 0 radical (unpaired) electrons. The first-order chi connectivity index (χ1) is 15.8. The molecular weight excluding hydrogens is 554 g/mol. The average molecular weight is 579 g/mol. The number of amides is 1. The summed E-state index contributed by atoms with van der Waals surface area (Å²) in [5.74, 6) is 2.01. The van der Waals surface area contributed by atoms with Crippen molar-refractivity contribution in [2.45, 2.75) is 13.0 Å². The zero-order chi connectivity index (χ0) is 24.1. The van der Waals surface area contributed by atoms with Gasteiger partial charge in [-0.3, -0.25) is 4.79 Å². The van der Waals surface area contributed by atoms with E-state index in [1.807, 2.05) is 43.3 Å². The Morgan fingerprint density at radius 3 is 1.52 bits per heavy atom. The number of ether oxygens (including phenoxy) is 4. The van der Waals surface area contributed by atoms with Crippen LogP contribution in [0, 0.1) is 6.92 Å². The zero-order valence-corrected chi connectivity index (χ0v) is 22.2. The predicted octanol–water partition coefficient (Wildman–Crippen LogP) is 6.07. The van der Waals surface area contributed by atoms with E-state index in [2.05, 4.69) is 37.2 Å². The summed E-state index contributed by atoms with van der Waals surface area (Å²) in [7, 11) is 6.29. The highest BCUT2D eigenvalue weighted by atomic mass is 79.9. The molecule has 33 heavy (non-hydrogen) atoms. The van der Waals surface area contributed by atoms with E-state index in [1.165, 1.54) is 0 Å². The summed E-state index contributed by atoms with van der Waals surface area (Å²) in [6.45, 7) is 1.98. The molecule has 0 saturated carbocycles. The van der Waals surface area contributed by atoms with Crippen molar-refractivity contribution >= 4 is 37.8 Å². The van der Waals surface area contributed by atoms with E-state index >= 15 is 0 Å². The van der Waals surface area contributed by atoms with Crippen LogP contribution in [0.25, 0.3) is 0 Å². The van der Waals surface area contributed by atoms with E-state index in [0.717, 1.165) is 25.6 Å². The van der Waals surface area contributed by atoms with Crippen LogP contribution in [0.15, 0.2) is 57.5 Å². The first-order valence-corrected chi connectivity index (χ1v) is 11.6. The summed E-state index contributed by atoms with van der Waals surface area (Å²) >= 11 is 7.27. The Morgan fingerprint density at radius 2 is 1.12 bits per heavy atom. The fourth-order valence-corrected chi connectivity index (χ4v) is 4.53. The largest absolute Gasteiger partial charge is 0.493 e. The quantitative estimate of drug-likeness (QED) is 0.351. The van der Waals surface area contributed by atoms with Crippen LogP contribution in [0.5, 0.6) is 23.0 Å². The second-order valence-corrected chi connectivity index (χ2v) is 8.94. The van der Waals surface area contributed by atoms with Gasteiger partial charge in [-0.05, 0) is 54.4 Å². The standard InChI is InChI=1S/C25H25Br2NO5/c1-14-6-8-15(9-7-14)25(29)28-24(16-10-20(30-2)22(32-4)12-18(16)26)17-11-21(31-3)23(33-5)13-19(17)27/h6-13,24H,1-5H3,(H,28,29). The number of carbonyl (C=O) groups is 1. The Morgan fingerprint density at radius 1 is 0.727 bits per heavy atom. The Labute approximate surface area is 210 Å². The van der Waals surface area contributed by atoms with Crippen LogP contribution in [0.2, 0.25) is 0 Å². The van der Waals surface area contributed by atoms with Crippen molar-refractivity contribution < 1.29 is 23.7 Å². The SMILES string of the molecule is COc1cc(Br)c(C(NC(=O)c2ccc(C)cc2)c2cc(OC)c(OC)cc2Br)cc1OC. The Hall–Kier alpha value is -2.71. The lowest BCUT2D eigenvalue weighted by molar-refractivity contribution is 0.0942. The summed E-state index contributed by atoms with van der Waals surface area (Å²) in [4.78, 5) is 13.2. The minimum absolute atomic E-state index is 0.219. The summed E-state index contributed by atoms with van der Waals surface area (Å²) in [6.07, 6.45) is 0. The molecule has 0 fully saturated rings. The molecule has 0 bridgehead atoms. The van der Waals surface area contributed by atoms with Crippen LogP contribution in [0.4, 0.5) is 0 Å². The predicted molar refractivity (Wildman–Crippen MR) is 135 cm³/mol. The highest BCUT2D eigenvalue weighted by Crippen LogP contribution is 2.42. The molecule has 0 saturated heterocycles. The van der Waals surface area contributed by atoms with Gasteiger partial charge in [-0.25, -0.2) is 0 Å². The molecule has 0 unspecified atom stereocenters. The van der Waals surface area contributed by atoms with Gasteiger partial charge in [0, 0.05) is 14.5 Å². The summed E-state index contributed by atoms with van der Waals surface area (Å²) in [5.41, 5.74) is 3.19. The van der Waals surface area contributed by atoms with Gasteiger partial charge in [0.25, 0.3) is 5.91 Å². The van der Waals surface area contributed by atoms with Gasteiger partial charge in [0.15, 0.2) is 23.0 Å². The van der Waals surface area contributed by atoms with Crippen molar-refractivity contribution in [3.05, 3.63) is 79.7 Å². The fraction of sp³-hybridized carbons (Fsp3) is 0.240. The lowest BCUT2D eigenvalue weighted by atomic mass is 9.97. The monoisotopic (exact) mass is 577 g/mol. The van der Waals surface area contributed by atoms with Crippen LogP contribution in [-0.4, -0.2) is 34.3 Å². The molecule has 0 aliphatic rings. The Bertz CT molecular complexity index is 1090. The second-order valence-electron chi connectivity index (χ2n) is 7.23. The minimum atomic E-state index is -0.554. The maximum Gasteiger partial charge on any atom is 0.252 e. The zero-order valence-electron chi connectivity index (χ0n) is 19.0. The van der Waals surface area contributed by atoms with Gasteiger partial charge in [0.2, 0.25) is 0 Å². The highest BCUT2D eigenvalue weighted by Gasteiger charge is 2.26. The van der Waals surface area contributed by atoms with Gasteiger partial charge in [0.05, 0.1) is 34.5 Å². The number of methoxy groups -OCH3 is 4. The van der Waals surface area contributed by atoms with Crippen molar-refractivity contribution in [1.29, 1.82) is 0 Å². The number of carbonyl (C=O) groups excluding carboxylic acids is 1. The number of halogens is 2. The van der Waals surface area contributed by atoms with Gasteiger partial charge in [-0.2, -0.15) is 0 Å². The van der Waals surface area contributed by atoms with E-state index in [4.69, 9.17) is 18.9 Å². The van der Waals surface area contributed by atoms with Crippen LogP contribution in [0.3, 0.4) is 0 Å². The molecule has 1 amide bonds. The molecule has 0 aliphatic heterocycles. The summed E-state index contributed by atoms with van der Waals surface area (Å²) in [5, 5.41) is 3.15. The van der Waals surface area contributed by atoms with Crippen LogP contribution >= 0.6 is 31.9 Å². The molecule has 8 heteroatoms. The van der Waals surface area contributed by atoms with Gasteiger partial charge in [0.1, 0.15) is 0 Å². The molecule has 3 aromatic rings. The molecule has 1 N–H and O–H groups in total. The molecule has 3 aromatic carbocycles. The van der Waals surface area contributed by atoms with Crippen molar-refractivity contribution in [3.8, 4) is 23.0 Å². The van der Waals surface area contributed by atoms with E-state index in [-0.39, 0.29) is 5.91 Å². The number of nitrogens with one attached hydrogen (secondary N) is 1. The molecule has 0 heterocycles. The molecule has 6 nitrogen and oxygen atoms in total. The number of rotatable bonds is 8. The van der Waals surface area contributed by atoms with Gasteiger partial charge < -0.3 is 24.3 Å². The Balaban J connectivity index is 2.17. The smallest absolute Gasteiger partial charge is 0.252 e. The number of benzene rings is 3. The second kappa shape index (κ2) is 10.9. The summed E-state index contributed by atoms with van der Waals surface area (Å²) in [6, 6.07) is 14.2. The number of hydrogen-bond acceptors (Lipinski definition) is 5. The van der Waals surface area contributed by atoms with Crippen LogP contribution in [0.1, 0.15) is 33.1 Å². The molecule has 0 spiro atoms. The third kappa shape index (κ3) is 5.45. The van der Waals surface area contributed by atoms with Gasteiger partial charge in [-0.1, -0.05) is 49.6 Å². The topological polar surface area (TPSA) is 66.0 Å². The maximum absolute atomic E-state index is 13.2. The average Bonchev–Trinajstić information content (AvgIpc) is 2.82. The normalized spacial score (nSPS) is 10.7. The Kier molecular flexibility index (Phi) is 8.26. The fourth-order valence-electron chi connectivity index (χ4n) is 3.42. The molecule has 0 aromatic heterocycles. The van der Waals surface area contributed by atoms with Crippen molar-refractivity contribution in [1.82, 2.24) is 5.32 Å². The summed E-state index contributed by atoms with van der Waals surface area (Å²) < 4.78 is 23.4. The van der Waals surface area contributed by atoms with Crippen molar-refractivity contribution in [2.75, 3.05) is 28.4 Å². The van der Waals surface area contributed by atoms with Crippen molar-refractivity contribution in [2.24, 2.45) is 0 Å². The maximum atomic E-state index is 13.2. The highest BCUT2D eigenvalue weighted by molar-refractivity contribution is 9.10. The van der Waals surface area contributed by atoms with Gasteiger partial charge >= 0.3 is 0 Å². The minimum Gasteiger partial charge on any atom is -0.493 e. The number of aryl methyl sites for hydroxylation is 1. The van der Waals surface area contributed by atoms with Crippen LogP contribution < -0.4 is 24.3 Å². The first-order valence-electron chi connectivity index (χ1n) is 10.0. The lowest BCUT2D eigenvalue weighted by Gasteiger charge is -2.24. The van der Waals surface area contributed by atoms with Crippen molar-refractivity contribution in [3.63, 3.8) is 0 Å². The third-order valence-electron chi connectivity index (χ3n) is 5.22. The third-order valence-corrected chi connectivity index (χ3v) is 6.59. The molecular formula is C25H25Br2NO5. The van der Waals surface area contributed by atoms with E-state index in [0.29, 0.717) is 28.6 Å². The van der Waals surface area contributed by atoms with E-state index in [9.17, 15) is 4.79 Å². The first kappa shape index (κ1) is 24.9. The number of hydrogen-bond donors (Lipinski definition) is 1. The van der Waals surface area contributed by atoms with E-state index < -0.39 is 6.04 Å². The van der Waals surface area contributed by atoms with Gasteiger partial charge in [-0.15, -0.1) is 0 Å². The van der Waals surface area contributed by atoms with E-state index in [1.54, 1.807) is 40.6 Å². The molecule has 174 valence electrons. The molecule has 0 atom stereocenters. The lowest BCUT2D eigenvalue weighted by Crippen LogP contribution is -2.30. The van der Waals surface area contributed by atoms with Crippen LogP contribution in [-0.2, 0) is 0 Å². The molecule has 3 rings (SSSR count).